The average molecular weight is 341 g/mol. The monoisotopic (exact) mass is 340 g/mol. The van der Waals surface area contributed by atoms with Crippen molar-refractivity contribution in [2.24, 2.45) is 11.8 Å². The van der Waals surface area contributed by atoms with Gasteiger partial charge in [0.15, 0.2) is 0 Å². The van der Waals surface area contributed by atoms with Crippen LogP contribution in [0, 0.1) is 11.8 Å². The number of ether oxygens (including phenoxy) is 1. The Bertz CT molecular complexity index is 419. The molecule has 1 atom stereocenters. The van der Waals surface area contributed by atoms with E-state index < -0.39 is 11.2 Å². The minimum Gasteiger partial charge on any atom is -0.444 e. The maximum atomic E-state index is 12.0. The molecule has 2 rings (SSSR count). The first kappa shape index (κ1) is 19.5. The predicted molar refractivity (Wildman–Crippen MR) is 96.0 cm³/mol. The lowest BCUT2D eigenvalue weighted by Crippen LogP contribution is -2.56. The molecule has 2 saturated heterocycles. The van der Waals surface area contributed by atoms with Gasteiger partial charge in [-0.1, -0.05) is 0 Å². The van der Waals surface area contributed by atoms with Crippen LogP contribution in [0.25, 0.3) is 0 Å². The van der Waals surface area contributed by atoms with Crippen LogP contribution in [-0.4, -0.2) is 64.9 Å². The Morgan fingerprint density at radius 2 is 1.79 bits per heavy atom. The molecule has 0 aromatic rings. The number of rotatable bonds is 5. The van der Waals surface area contributed by atoms with Gasteiger partial charge in [-0.05, 0) is 85.2 Å². The summed E-state index contributed by atoms with van der Waals surface area (Å²) < 4.78 is 5.44. The first-order valence-corrected chi connectivity index (χ1v) is 9.46. The van der Waals surface area contributed by atoms with E-state index >= 15 is 0 Å². The number of hydrogen-bond donors (Lipinski definition) is 1. The SMILES string of the molecule is CC(C)(O)CCCN1CCCC(C2CN(C(=O)OC(C)(C)C)C2)C1. The highest BCUT2D eigenvalue weighted by Gasteiger charge is 2.39. The fourth-order valence-corrected chi connectivity index (χ4v) is 3.70. The molecule has 2 heterocycles. The molecule has 5 heteroatoms. The second kappa shape index (κ2) is 7.61. The van der Waals surface area contributed by atoms with E-state index in [2.05, 4.69) is 4.90 Å². The fourth-order valence-electron chi connectivity index (χ4n) is 3.70. The van der Waals surface area contributed by atoms with Gasteiger partial charge in [-0.3, -0.25) is 0 Å². The number of nitrogens with zero attached hydrogens (tertiary/aromatic N) is 2. The second-order valence-electron chi connectivity index (χ2n) is 9.26. The van der Waals surface area contributed by atoms with Crippen molar-refractivity contribution in [2.75, 3.05) is 32.7 Å². The van der Waals surface area contributed by atoms with Gasteiger partial charge in [-0.25, -0.2) is 4.79 Å². The number of likely N-dealkylation sites (tertiary alicyclic amines) is 2. The molecule has 2 aliphatic heterocycles. The Balaban J connectivity index is 1.70. The zero-order chi connectivity index (χ0) is 18.0. The van der Waals surface area contributed by atoms with Crippen molar-refractivity contribution in [3.8, 4) is 0 Å². The molecule has 0 saturated carbocycles. The molecular weight excluding hydrogens is 304 g/mol. The second-order valence-corrected chi connectivity index (χ2v) is 9.26. The summed E-state index contributed by atoms with van der Waals surface area (Å²) in [6.07, 6.45) is 4.25. The van der Waals surface area contributed by atoms with Gasteiger partial charge >= 0.3 is 6.09 Å². The summed E-state index contributed by atoms with van der Waals surface area (Å²) in [6.45, 7) is 14.6. The van der Waals surface area contributed by atoms with Crippen LogP contribution in [0.5, 0.6) is 0 Å². The Morgan fingerprint density at radius 1 is 1.12 bits per heavy atom. The molecule has 0 aliphatic carbocycles. The molecule has 0 radical (unpaired) electrons. The van der Waals surface area contributed by atoms with Crippen molar-refractivity contribution in [1.82, 2.24) is 9.80 Å². The first-order chi connectivity index (χ1) is 11.0. The number of aliphatic hydroxyl groups is 1. The summed E-state index contributed by atoms with van der Waals surface area (Å²) >= 11 is 0. The van der Waals surface area contributed by atoms with E-state index in [1.165, 1.54) is 19.4 Å². The van der Waals surface area contributed by atoms with Crippen LogP contribution in [0.1, 0.15) is 60.3 Å². The third-order valence-electron chi connectivity index (χ3n) is 5.03. The molecule has 0 aromatic carbocycles. The predicted octanol–water partition coefficient (Wildman–Crippen LogP) is 3.12. The fraction of sp³-hybridized carbons (Fsp3) is 0.947. The molecule has 2 aliphatic rings. The lowest BCUT2D eigenvalue weighted by molar-refractivity contribution is -0.0199. The number of carbonyl (C=O) groups excluding carboxylic acids is 1. The smallest absolute Gasteiger partial charge is 0.410 e. The third kappa shape index (κ3) is 6.25. The van der Waals surface area contributed by atoms with Crippen LogP contribution in [0.2, 0.25) is 0 Å². The molecule has 0 bridgehead atoms. The molecule has 1 N–H and O–H groups in total. The summed E-state index contributed by atoms with van der Waals surface area (Å²) in [4.78, 5) is 16.4. The summed E-state index contributed by atoms with van der Waals surface area (Å²) in [5.74, 6) is 1.31. The van der Waals surface area contributed by atoms with Gasteiger partial charge in [-0.2, -0.15) is 0 Å². The first-order valence-electron chi connectivity index (χ1n) is 9.46. The van der Waals surface area contributed by atoms with Crippen LogP contribution in [0.15, 0.2) is 0 Å². The molecule has 2 fully saturated rings. The Labute approximate surface area is 147 Å². The highest BCUT2D eigenvalue weighted by atomic mass is 16.6. The summed E-state index contributed by atoms with van der Waals surface area (Å²) in [6, 6.07) is 0. The van der Waals surface area contributed by atoms with Gasteiger partial charge in [0.05, 0.1) is 5.60 Å². The molecule has 5 nitrogen and oxygen atoms in total. The molecule has 1 amide bonds. The zero-order valence-electron chi connectivity index (χ0n) is 16.2. The summed E-state index contributed by atoms with van der Waals surface area (Å²) in [5.41, 5.74) is -0.971. The Kier molecular flexibility index (Phi) is 6.19. The van der Waals surface area contributed by atoms with Gasteiger partial charge in [0, 0.05) is 19.6 Å². The lowest BCUT2D eigenvalue weighted by Gasteiger charge is -2.46. The van der Waals surface area contributed by atoms with E-state index in [0.29, 0.717) is 11.8 Å². The number of carbonyl (C=O) groups is 1. The van der Waals surface area contributed by atoms with E-state index in [1.54, 1.807) is 0 Å². The molecule has 140 valence electrons. The number of hydrogen-bond acceptors (Lipinski definition) is 4. The largest absolute Gasteiger partial charge is 0.444 e. The summed E-state index contributed by atoms with van der Waals surface area (Å²) in [7, 11) is 0. The van der Waals surface area contributed by atoms with E-state index in [9.17, 15) is 9.90 Å². The van der Waals surface area contributed by atoms with E-state index in [1.807, 2.05) is 39.5 Å². The van der Waals surface area contributed by atoms with Crippen LogP contribution >= 0.6 is 0 Å². The highest BCUT2D eigenvalue weighted by molar-refractivity contribution is 5.69. The van der Waals surface area contributed by atoms with Gasteiger partial charge < -0.3 is 19.6 Å². The standard InChI is InChI=1S/C19H36N2O3/c1-18(2,3)24-17(22)21-13-16(14-21)15-8-6-10-20(12-15)11-7-9-19(4,5)23/h15-16,23H,6-14H2,1-5H3. The zero-order valence-corrected chi connectivity index (χ0v) is 16.2. The van der Waals surface area contributed by atoms with Gasteiger partial charge in [0.25, 0.3) is 0 Å². The minimum atomic E-state index is -0.558. The average Bonchev–Trinajstić information content (AvgIpc) is 2.33. The van der Waals surface area contributed by atoms with Crippen molar-refractivity contribution >= 4 is 6.09 Å². The number of amides is 1. The van der Waals surface area contributed by atoms with Gasteiger partial charge in [0.2, 0.25) is 0 Å². The highest BCUT2D eigenvalue weighted by Crippen LogP contribution is 2.32. The van der Waals surface area contributed by atoms with Crippen LogP contribution in [-0.2, 0) is 4.74 Å². The maximum absolute atomic E-state index is 12.0. The summed E-state index contributed by atoms with van der Waals surface area (Å²) in [5, 5.41) is 9.83. The van der Waals surface area contributed by atoms with E-state index in [-0.39, 0.29) is 6.09 Å². The maximum Gasteiger partial charge on any atom is 0.410 e. The quantitative estimate of drug-likeness (QED) is 0.835. The van der Waals surface area contributed by atoms with E-state index in [0.717, 1.165) is 39.0 Å². The van der Waals surface area contributed by atoms with Crippen LogP contribution < -0.4 is 0 Å². The topological polar surface area (TPSA) is 53.0 Å². The van der Waals surface area contributed by atoms with E-state index in [4.69, 9.17) is 4.74 Å². The Morgan fingerprint density at radius 3 is 2.38 bits per heavy atom. The van der Waals surface area contributed by atoms with Crippen molar-refractivity contribution in [2.45, 2.75) is 71.5 Å². The molecule has 1 unspecified atom stereocenters. The lowest BCUT2D eigenvalue weighted by atomic mass is 9.80. The van der Waals surface area contributed by atoms with Crippen molar-refractivity contribution in [1.29, 1.82) is 0 Å². The van der Waals surface area contributed by atoms with Crippen LogP contribution in [0.3, 0.4) is 0 Å². The molecular formula is C19H36N2O3. The molecule has 0 aromatic heterocycles. The van der Waals surface area contributed by atoms with Gasteiger partial charge in [-0.15, -0.1) is 0 Å². The normalized spacial score (nSPS) is 23.9. The van der Waals surface area contributed by atoms with Crippen molar-refractivity contribution < 1.29 is 14.6 Å². The van der Waals surface area contributed by atoms with Crippen molar-refractivity contribution in [3.05, 3.63) is 0 Å². The molecule has 0 spiro atoms. The van der Waals surface area contributed by atoms with Crippen LogP contribution in [0.4, 0.5) is 4.79 Å². The molecule has 24 heavy (non-hydrogen) atoms. The van der Waals surface area contributed by atoms with Gasteiger partial charge in [0.1, 0.15) is 5.60 Å². The minimum absolute atomic E-state index is 0.170. The third-order valence-corrected chi connectivity index (χ3v) is 5.03. The number of piperidine rings is 1. The Hall–Kier alpha value is -0.810. The van der Waals surface area contributed by atoms with Crippen molar-refractivity contribution in [3.63, 3.8) is 0 Å².